The van der Waals surface area contributed by atoms with Crippen molar-refractivity contribution in [2.75, 3.05) is 0 Å². The van der Waals surface area contributed by atoms with Gasteiger partial charge in [0.1, 0.15) is 5.75 Å². The molecular formula is C13H17BrO2. The van der Waals surface area contributed by atoms with Gasteiger partial charge in [-0.05, 0) is 24.6 Å². The van der Waals surface area contributed by atoms with Crippen LogP contribution in [0.15, 0.2) is 22.7 Å². The molecule has 1 N–H and O–H groups in total. The van der Waals surface area contributed by atoms with Gasteiger partial charge >= 0.3 is 0 Å². The van der Waals surface area contributed by atoms with Gasteiger partial charge in [0.15, 0.2) is 5.78 Å². The van der Waals surface area contributed by atoms with Crippen molar-refractivity contribution in [1.29, 1.82) is 0 Å². The quantitative estimate of drug-likeness (QED) is 0.624. The maximum Gasteiger partial charge on any atom is 0.166 e. The second-order valence-corrected chi connectivity index (χ2v) is 4.81. The van der Waals surface area contributed by atoms with E-state index in [4.69, 9.17) is 0 Å². The molecule has 0 radical (unpaired) electrons. The van der Waals surface area contributed by atoms with Crippen molar-refractivity contribution in [2.45, 2.75) is 39.0 Å². The molecule has 0 fully saturated rings. The lowest BCUT2D eigenvalue weighted by atomic mass is 10.0. The molecule has 0 aliphatic rings. The number of rotatable bonds is 6. The largest absolute Gasteiger partial charge is 0.507 e. The highest BCUT2D eigenvalue weighted by atomic mass is 79.9. The Labute approximate surface area is 105 Å². The van der Waals surface area contributed by atoms with E-state index in [0.29, 0.717) is 12.0 Å². The van der Waals surface area contributed by atoms with Crippen LogP contribution in [0.25, 0.3) is 0 Å². The third-order valence-corrected chi connectivity index (χ3v) is 3.01. The summed E-state index contributed by atoms with van der Waals surface area (Å²) in [6, 6.07) is 4.95. The number of hydrogen-bond acceptors (Lipinski definition) is 2. The van der Waals surface area contributed by atoms with Gasteiger partial charge in [0.2, 0.25) is 0 Å². The van der Waals surface area contributed by atoms with Gasteiger partial charge in [0.25, 0.3) is 0 Å². The highest BCUT2D eigenvalue weighted by Crippen LogP contribution is 2.23. The first kappa shape index (κ1) is 13.2. The summed E-state index contributed by atoms with van der Waals surface area (Å²) in [6.07, 6.45) is 4.83. The molecule has 1 aromatic rings. The van der Waals surface area contributed by atoms with Crippen molar-refractivity contribution in [3.05, 3.63) is 28.2 Å². The first-order chi connectivity index (χ1) is 7.65. The van der Waals surface area contributed by atoms with E-state index in [0.717, 1.165) is 30.2 Å². The summed E-state index contributed by atoms with van der Waals surface area (Å²) in [7, 11) is 0. The average Bonchev–Trinajstić information content (AvgIpc) is 2.27. The van der Waals surface area contributed by atoms with E-state index in [9.17, 15) is 9.90 Å². The van der Waals surface area contributed by atoms with E-state index in [-0.39, 0.29) is 11.5 Å². The summed E-state index contributed by atoms with van der Waals surface area (Å²) >= 11 is 3.29. The number of Topliss-reactive ketones (excluding diaryl/α,β-unsaturated/α-hetero) is 1. The average molecular weight is 285 g/mol. The third kappa shape index (κ3) is 3.97. The Bertz CT molecular complexity index is 361. The maximum absolute atomic E-state index is 11.8. The van der Waals surface area contributed by atoms with Crippen LogP contribution in [0.2, 0.25) is 0 Å². The maximum atomic E-state index is 11.8. The molecule has 0 amide bonds. The lowest BCUT2D eigenvalue weighted by molar-refractivity contribution is 0.0976. The summed E-state index contributed by atoms with van der Waals surface area (Å²) < 4.78 is 0.821. The molecule has 2 nitrogen and oxygen atoms in total. The lowest BCUT2D eigenvalue weighted by Gasteiger charge is -2.04. The summed E-state index contributed by atoms with van der Waals surface area (Å²) in [5.74, 6) is 0.0959. The van der Waals surface area contributed by atoms with Crippen molar-refractivity contribution in [1.82, 2.24) is 0 Å². The smallest absolute Gasteiger partial charge is 0.166 e. The van der Waals surface area contributed by atoms with Crippen molar-refractivity contribution < 1.29 is 9.90 Å². The van der Waals surface area contributed by atoms with E-state index in [1.807, 2.05) is 0 Å². The Morgan fingerprint density at radius 3 is 2.75 bits per heavy atom. The van der Waals surface area contributed by atoms with Gasteiger partial charge in [0.05, 0.1) is 5.56 Å². The van der Waals surface area contributed by atoms with Crippen molar-refractivity contribution in [3.8, 4) is 5.75 Å². The van der Waals surface area contributed by atoms with Crippen LogP contribution in [0.4, 0.5) is 0 Å². The van der Waals surface area contributed by atoms with E-state index in [1.165, 1.54) is 0 Å². The number of aromatic hydroxyl groups is 1. The minimum Gasteiger partial charge on any atom is -0.507 e. The molecule has 1 rings (SSSR count). The fraction of sp³-hybridized carbons (Fsp3) is 0.462. The fourth-order valence-corrected chi connectivity index (χ4v) is 1.94. The lowest BCUT2D eigenvalue weighted by Crippen LogP contribution is -1.99. The molecule has 16 heavy (non-hydrogen) atoms. The summed E-state index contributed by atoms with van der Waals surface area (Å²) in [5.41, 5.74) is 0.422. The van der Waals surface area contributed by atoms with Crippen molar-refractivity contribution in [3.63, 3.8) is 0 Å². The monoisotopic (exact) mass is 284 g/mol. The molecule has 1 aromatic carbocycles. The molecule has 0 unspecified atom stereocenters. The molecule has 0 aromatic heterocycles. The number of halogens is 1. The zero-order chi connectivity index (χ0) is 12.0. The normalized spacial score (nSPS) is 10.4. The number of unbranched alkanes of at least 4 members (excludes halogenated alkanes) is 3. The van der Waals surface area contributed by atoms with Crippen LogP contribution in [0.3, 0.4) is 0 Å². The molecule has 0 spiro atoms. The molecule has 0 saturated heterocycles. The number of hydrogen-bond donors (Lipinski definition) is 1. The molecule has 0 aliphatic carbocycles. The van der Waals surface area contributed by atoms with Gasteiger partial charge in [0, 0.05) is 10.9 Å². The molecular weight excluding hydrogens is 268 g/mol. The second kappa shape index (κ2) is 6.69. The first-order valence-corrected chi connectivity index (χ1v) is 6.46. The number of carbonyl (C=O) groups excluding carboxylic acids is 1. The number of carbonyl (C=O) groups is 1. The number of phenolic OH excluding ortho intramolecular Hbond substituents is 1. The van der Waals surface area contributed by atoms with E-state index in [2.05, 4.69) is 22.9 Å². The zero-order valence-electron chi connectivity index (χ0n) is 9.50. The predicted octanol–water partition coefficient (Wildman–Crippen LogP) is 4.31. The molecule has 0 heterocycles. The Kier molecular flexibility index (Phi) is 5.53. The second-order valence-electron chi connectivity index (χ2n) is 3.90. The number of benzene rings is 1. The summed E-state index contributed by atoms with van der Waals surface area (Å²) in [4.78, 5) is 11.8. The molecule has 0 atom stereocenters. The summed E-state index contributed by atoms with van der Waals surface area (Å²) in [5, 5.41) is 9.57. The first-order valence-electron chi connectivity index (χ1n) is 5.67. The SMILES string of the molecule is CCCCCCC(=O)c1cc(Br)ccc1O. The molecule has 3 heteroatoms. The van der Waals surface area contributed by atoms with Gasteiger partial charge in [-0.25, -0.2) is 0 Å². The van der Waals surface area contributed by atoms with Crippen molar-refractivity contribution >= 4 is 21.7 Å². The van der Waals surface area contributed by atoms with Crippen LogP contribution in [0.1, 0.15) is 49.4 Å². The number of phenols is 1. The molecule has 0 bridgehead atoms. The minimum absolute atomic E-state index is 0.0231. The van der Waals surface area contributed by atoms with Crippen LogP contribution >= 0.6 is 15.9 Å². The Hall–Kier alpha value is -0.830. The van der Waals surface area contributed by atoms with Crippen LogP contribution in [0, 0.1) is 0 Å². The molecule has 0 saturated carbocycles. The number of ketones is 1. The third-order valence-electron chi connectivity index (χ3n) is 2.52. The van der Waals surface area contributed by atoms with Gasteiger partial charge in [-0.15, -0.1) is 0 Å². The van der Waals surface area contributed by atoms with E-state index in [1.54, 1.807) is 18.2 Å². The molecule has 88 valence electrons. The van der Waals surface area contributed by atoms with Gasteiger partial charge < -0.3 is 5.11 Å². The Morgan fingerprint density at radius 1 is 1.31 bits per heavy atom. The van der Waals surface area contributed by atoms with Gasteiger partial charge in [-0.1, -0.05) is 42.1 Å². The fourth-order valence-electron chi connectivity index (χ4n) is 1.58. The zero-order valence-corrected chi connectivity index (χ0v) is 11.1. The van der Waals surface area contributed by atoms with Gasteiger partial charge in [-0.2, -0.15) is 0 Å². The standard InChI is InChI=1S/C13H17BrO2/c1-2-3-4-5-6-12(15)11-9-10(14)7-8-13(11)16/h7-9,16H,2-6H2,1H3. The van der Waals surface area contributed by atoms with Crippen LogP contribution in [-0.4, -0.2) is 10.9 Å². The Balaban J connectivity index is 2.55. The van der Waals surface area contributed by atoms with Crippen LogP contribution < -0.4 is 0 Å². The Morgan fingerprint density at radius 2 is 2.06 bits per heavy atom. The van der Waals surface area contributed by atoms with Gasteiger partial charge in [-0.3, -0.25) is 4.79 Å². The predicted molar refractivity (Wildman–Crippen MR) is 68.9 cm³/mol. The molecule has 0 aliphatic heterocycles. The van der Waals surface area contributed by atoms with Crippen LogP contribution in [0.5, 0.6) is 5.75 Å². The highest BCUT2D eigenvalue weighted by molar-refractivity contribution is 9.10. The van der Waals surface area contributed by atoms with E-state index < -0.39 is 0 Å². The minimum atomic E-state index is 0.0231. The summed E-state index contributed by atoms with van der Waals surface area (Å²) in [6.45, 7) is 2.14. The van der Waals surface area contributed by atoms with Crippen LogP contribution in [-0.2, 0) is 0 Å². The van der Waals surface area contributed by atoms with E-state index >= 15 is 0 Å². The topological polar surface area (TPSA) is 37.3 Å². The van der Waals surface area contributed by atoms with Crippen molar-refractivity contribution in [2.24, 2.45) is 0 Å². The highest BCUT2D eigenvalue weighted by Gasteiger charge is 2.10.